The van der Waals surface area contributed by atoms with Gasteiger partial charge in [-0.1, -0.05) is 0 Å². The monoisotopic (exact) mass is 180 g/mol. The fourth-order valence-electron chi connectivity index (χ4n) is 3.00. The van der Waals surface area contributed by atoms with Gasteiger partial charge < -0.3 is 9.64 Å². The van der Waals surface area contributed by atoms with Crippen LogP contribution in [0.2, 0.25) is 0 Å². The summed E-state index contributed by atoms with van der Waals surface area (Å²) in [6.45, 7) is 1.09. The van der Waals surface area contributed by atoms with E-state index in [2.05, 4.69) is 4.90 Å². The van der Waals surface area contributed by atoms with E-state index >= 15 is 0 Å². The summed E-state index contributed by atoms with van der Waals surface area (Å²) >= 11 is 0. The molecule has 0 amide bonds. The molecule has 0 aromatic carbocycles. The van der Waals surface area contributed by atoms with E-state index in [4.69, 9.17) is 10.1 Å². The zero-order chi connectivity index (χ0) is 8.84. The van der Waals surface area contributed by atoms with Crippen molar-refractivity contribution in [1.29, 1.82) is 5.41 Å². The van der Waals surface area contributed by atoms with Crippen LogP contribution in [0.1, 0.15) is 32.1 Å². The molecule has 3 heterocycles. The summed E-state index contributed by atoms with van der Waals surface area (Å²) in [5, 5.41) is 7.82. The summed E-state index contributed by atoms with van der Waals surface area (Å²) in [6, 6.07) is 0.550. The highest BCUT2D eigenvalue weighted by molar-refractivity contribution is 5.81. The molecule has 0 aromatic heterocycles. The molecule has 1 N–H and O–H groups in total. The topological polar surface area (TPSA) is 36.3 Å². The molecule has 3 aliphatic heterocycles. The Bertz CT molecular complexity index is 241. The van der Waals surface area contributed by atoms with E-state index in [0.29, 0.717) is 18.2 Å². The predicted octanol–water partition coefficient (Wildman–Crippen LogP) is 1.38. The highest BCUT2D eigenvalue weighted by atomic mass is 16.5. The van der Waals surface area contributed by atoms with Gasteiger partial charge in [0.25, 0.3) is 0 Å². The van der Waals surface area contributed by atoms with Crippen LogP contribution in [0.15, 0.2) is 0 Å². The Morgan fingerprint density at radius 3 is 2.85 bits per heavy atom. The molecule has 0 saturated carbocycles. The first-order valence-corrected chi connectivity index (χ1v) is 5.34. The third-order valence-corrected chi connectivity index (χ3v) is 3.63. The highest BCUT2D eigenvalue weighted by Gasteiger charge is 2.44. The van der Waals surface area contributed by atoms with Crippen molar-refractivity contribution in [3.63, 3.8) is 0 Å². The number of nitrogens with zero attached hydrogens (tertiary/aromatic N) is 1. The Morgan fingerprint density at radius 1 is 1.38 bits per heavy atom. The molecule has 3 fully saturated rings. The molecule has 0 aliphatic carbocycles. The van der Waals surface area contributed by atoms with Gasteiger partial charge in [0.05, 0.1) is 24.1 Å². The lowest BCUT2D eigenvalue weighted by molar-refractivity contribution is 0.0870. The van der Waals surface area contributed by atoms with Crippen LogP contribution >= 0.6 is 0 Å². The van der Waals surface area contributed by atoms with Gasteiger partial charge in [0.2, 0.25) is 0 Å². The minimum atomic E-state index is 0.448. The zero-order valence-electron chi connectivity index (χ0n) is 7.83. The lowest BCUT2D eigenvalue weighted by Crippen LogP contribution is -2.42. The second-order valence-electron chi connectivity index (χ2n) is 4.42. The van der Waals surface area contributed by atoms with Gasteiger partial charge in [0, 0.05) is 13.0 Å². The van der Waals surface area contributed by atoms with Gasteiger partial charge in [-0.15, -0.1) is 0 Å². The Balaban J connectivity index is 1.75. The lowest BCUT2D eigenvalue weighted by atomic mass is 9.94. The fourth-order valence-corrected chi connectivity index (χ4v) is 3.00. The molecular weight excluding hydrogens is 164 g/mol. The Morgan fingerprint density at radius 2 is 2.31 bits per heavy atom. The highest BCUT2D eigenvalue weighted by Crippen LogP contribution is 2.38. The van der Waals surface area contributed by atoms with Gasteiger partial charge >= 0.3 is 0 Å². The normalized spacial score (nSPS) is 43.5. The number of likely N-dealkylation sites (tertiary alicyclic amines) is 1. The quantitative estimate of drug-likeness (QED) is 0.661. The summed E-state index contributed by atoms with van der Waals surface area (Å²) in [5.74, 6) is 0.848. The number of fused-ring (bicyclic) bond motifs is 2. The molecule has 72 valence electrons. The molecule has 3 unspecified atom stereocenters. The van der Waals surface area contributed by atoms with E-state index in [-0.39, 0.29) is 0 Å². The van der Waals surface area contributed by atoms with Crippen LogP contribution in [-0.2, 0) is 4.74 Å². The average molecular weight is 180 g/mol. The maximum Gasteiger partial charge on any atom is 0.0961 e. The van der Waals surface area contributed by atoms with E-state index in [1.165, 1.54) is 25.7 Å². The summed E-state index contributed by atoms with van der Waals surface area (Å²) in [5.41, 5.74) is 0. The molecule has 2 bridgehead atoms. The second kappa shape index (κ2) is 2.71. The molecule has 3 saturated heterocycles. The Kier molecular flexibility index (Phi) is 1.62. The first-order valence-electron chi connectivity index (χ1n) is 5.34. The van der Waals surface area contributed by atoms with Gasteiger partial charge in [0.1, 0.15) is 0 Å². The SMILES string of the molecule is N=C1CCCN1C1CC2CCC1O2. The van der Waals surface area contributed by atoms with Crippen molar-refractivity contribution < 1.29 is 4.74 Å². The van der Waals surface area contributed by atoms with E-state index in [1.807, 2.05) is 0 Å². The van der Waals surface area contributed by atoms with Gasteiger partial charge in [-0.05, 0) is 25.7 Å². The van der Waals surface area contributed by atoms with Crippen molar-refractivity contribution in [3.05, 3.63) is 0 Å². The largest absolute Gasteiger partial charge is 0.373 e. The summed E-state index contributed by atoms with van der Waals surface area (Å²) < 4.78 is 5.81. The van der Waals surface area contributed by atoms with Crippen molar-refractivity contribution in [2.24, 2.45) is 0 Å². The number of amidine groups is 1. The number of hydrogen-bond acceptors (Lipinski definition) is 2. The molecule has 0 spiro atoms. The van der Waals surface area contributed by atoms with Gasteiger partial charge in [-0.2, -0.15) is 0 Å². The van der Waals surface area contributed by atoms with Crippen LogP contribution < -0.4 is 0 Å². The standard InChI is InChI=1S/C10H16N2O/c11-10-2-1-5-12(10)8-6-7-3-4-9(8)13-7/h7-9,11H,1-6H2. The third-order valence-electron chi connectivity index (χ3n) is 3.63. The van der Waals surface area contributed by atoms with E-state index < -0.39 is 0 Å². The van der Waals surface area contributed by atoms with Crippen molar-refractivity contribution >= 4 is 5.84 Å². The second-order valence-corrected chi connectivity index (χ2v) is 4.42. The molecule has 0 aromatic rings. The number of hydrogen-bond donors (Lipinski definition) is 1. The van der Waals surface area contributed by atoms with Crippen molar-refractivity contribution in [2.75, 3.05) is 6.54 Å². The lowest BCUT2D eigenvalue weighted by Gasteiger charge is -2.30. The minimum absolute atomic E-state index is 0.448. The van der Waals surface area contributed by atoms with Crippen LogP contribution in [0, 0.1) is 5.41 Å². The zero-order valence-corrected chi connectivity index (χ0v) is 7.83. The van der Waals surface area contributed by atoms with E-state index in [0.717, 1.165) is 18.8 Å². The maximum absolute atomic E-state index is 7.82. The summed E-state index contributed by atoms with van der Waals surface area (Å²) in [7, 11) is 0. The van der Waals surface area contributed by atoms with Crippen LogP contribution in [0.5, 0.6) is 0 Å². The van der Waals surface area contributed by atoms with Crippen LogP contribution in [0.25, 0.3) is 0 Å². The van der Waals surface area contributed by atoms with E-state index in [1.54, 1.807) is 0 Å². The van der Waals surface area contributed by atoms with Gasteiger partial charge in [-0.25, -0.2) is 0 Å². The van der Waals surface area contributed by atoms with Crippen molar-refractivity contribution in [1.82, 2.24) is 4.90 Å². The van der Waals surface area contributed by atoms with Gasteiger partial charge in [0.15, 0.2) is 0 Å². The number of rotatable bonds is 1. The average Bonchev–Trinajstić information content (AvgIpc) is 2.77. The molecule has 3 nitrogen and oxygen atoms in total. The molecule has 0 radical (unpaired) electrons. The minimum Gasteiger partial charge on any atom is -0.373 e. The predicted molar refractivity (Wildman–Crippen MR) is 50.0 cm³/mol. The number of ether oxygens (including phenoxy) is 1. The van der Waals surface area contributed by atoms with Crippen molar-refractivity contribution in [2.45, 2.75) is 50.4 Å². The molecule has 3 heteroatoms. The van der Waals surface area contributed by atoms with Crippen molar-refractivity contribution in [3.8, 4) is 0 Å². The smallest absolute Gasteiger partial charge is 0.0961 e. The summed E-state index contributed by atoms with van der Waals surface area (Å²) in [4.78, 5) is 2.28. The maximum atomic E-state index is 7.82. The van der Waals surface area contributed by atoms with Crippen LogP contribution in [0.4, 0.5) is 0 Å². The first-order chi connectivity index (χ1) is 6.34. The molecule has 3 aliphatic rings. The Labute approximate surface area is 78.6 Å². The first kappa shape index (κ1) is 7.80. The molecular formula is C10H16N2O. The molecule has 13 heavy (non-hydrogen) atoms. The van der Waals surface area contributed by atoms with Crippen LogP contribution in [0.3, 0.4) is 0 Å². The third kappa shape index (κ3) is 1.10. The Hall–Kier alpha value is -0.570. The summed E-state index contributed by atoms with van der Waals surface area (Å²) in [6.07, 6.45) is 6.77. The fraction of sp³-hybridized carbons (Fsp3) is 0.900. The molecule has 3 atom stereocenters. The van der Waals surface area contributed by atoms with Gasteiger partial charge in [-0.3, -0.25) is 5.41 Å². The van der Waals surface area contributed by atoms with E-state index in [9.17, 15) is 0 Å². The van der Waals surface area contributed by atoms with Crippen LogP contribution in [-0.4, -0.2) is 35.5 Å². The molecule has 3 rings (SSSR count). The number of nitrogens with one attached hydrogen (secondary N) is 1.